The van der Waals surface area contributed by atoms with Crippen molar-refractivity contribution in [1.29, 1.82) is 0 Å². The van der Waals surface area contributed by atoms with Crippen LogP contribution in [0.25, 0.3) is 0 Å². The van der Waals surface area contributed by atoms with Crippen LogP contribution >= 0.6 is 11.3 Å². The number of hydrogen-bond donors (Lipinski definition) is 2. The molecule has 0 unspecified atom stereocenters. The number of rotatable bonds is 6. The monoisotopic (exact) mass is 305 g/mol. The van der Waals surface area contributed by atoms with Gasteiger partial charge in [0.2, 0.25) is 0 Å². The first kappa shape index (κ1) is 15.5. The first-order valence-corrected chi connectivity index (χ1v) is 7.55. The Morgan fingerprint density at radius 3 is 2.62 bits per heavy atom. The van der Waals surface area contributed by atoms with Crippen molar-refractivity contribution in [2.45, 2.75) is 18.9 Å². The summed E-state index contributed by atoms with van der Waals surface area (Å²) in [6, 6.07) is 11.1. The minimum atomic E-state index is -0.999. The third-order valence-electron chi connectivity index (χ3n) is 3.12. The summed E-state index contributed by atoms with van der Waals surface area (Å²) >= 11 is 1.38. The van der Waals surface area contributed by atoms with Gasteiger partial charge in [-0.2, -0.15) is 0 Å². The highest BCUT2D eigenvalue weighted by Crippen LogP contribution is 2.17. The van der Waals surface area contributed by atoms with Gasteiger partial charge in [-0.3, -0.25) is 4.79 Å². The van der Waals surface area contributed by atoms with E-state index in [4.69, 9.17) is 4.74 Å². The average molecular weight is 305 g/mol. The van der Waals surface area contributed by atoms with Gasteiger partial charge in [0.25, 0.3) is 5.91 Å². The highest BCUT2D eigenvalue weighted by molar-refractivity contribution is 7.12. The molecule has 0 aliphatic heterocycles. The molecule has 2 N–H and O–H groups in total. The van der Waals surface area contributed by atoms with Crippen molar-refractivity contribution < 1.29 is 14.6 Å². The smallest absolute Gasteiger partial charge is 0.261 e. The Kier molecular flexibility index (Phi) is 4.98. The van der Waals surface area contributed by atoms with Gasteiger partial charge in [0.05, 0.1) is 17.6 Å². The summed E-state index contributed by atoms with van der Waals surface area (Å²) in [5.74, 6) is 0.629. The van der Waals surface area contributed by atoms with Crippen LogP contribution < -0.4 is 10.1 Å². The lowest BCUT2D eigenvalue weighted by Gasteiger charge is -2.23. The van der Waals surface area contributed by atoms with Crippen LogP contribution in [0, 0.1) is 0 Å². The molecule has 0 saturated heterocycles. The van der Waals surface area contributed by atoms with Gasteiger partial charge in [-0.15, -0.1) is 11.3 Å². The fourth-order valence-electron chi connectivity index (χ4n) is 2.01. The lowest BCUT2D eigenvalue weighted by Crippen LogP contribution is -2.42. The SMILES string of the molecule is COc1ccc(C[C@@](C)(O)CNC(=O)c2cccs2)cc1. The van der Waals surface area contributed by atoms with Gasteiger partial charge >= 0.3 is 0 Å². The van der Waals surface area contributed by atoms with E-state index < -0.39 is 5.60 Å². The summed E-state index contributed by atoms with van der Waals surface area (Å²) in [4.78, 5) is 12.5. The number of ether oxygens (including phenoxy) is 1. The molecular formula is C16H19NO3S. The molecule has 1 aromatic carbocycles. The standard InChI is InChI=1S/C16H19NO3S/c1-16(19,10-12-5-7-13(20-2)8-6-12)11-17-15(18)14-4-3-9-21-14/h3-9,19H,10-11H2,1-2H3,(H,17,18)/t16-/m1/s1. The third-order valence-corrected chi connectivity index (χ3v) is 3.99. The molecule has 112 valence electrons. The number of carbonyl (C=O) groups excluding carboxylic acids is 1. The van der Waals surface area contributed by atoms with Gasteiger partial charge in [0.15, 0.2) is 0 Å². The number of thiophene rings is 1. The number of aliphatic hydroxyl groups is 1. The average Bonchev–Trinajstić information content (AvgIpc) is 2.99. The van der Waals surface area contributed by atoms with Crippen molar-refractivity contribution in [3.63, 3.8) is 0 Å². The van der Waals surface area contributed by atoms with Crippen LogP contribution in [0.2, 0.25) is 0 Å². The molecule has 0 radical (unpaired) electrons. The number of carbonyl (C=O) groups is 1. The van der Waals surface area contributed by atoms with Gasteiger partial charge in [-0.1, -0.05) is 18.2 Å². The Hall–Kier alpha value is -1.85. The quantitative estimate of drug-likeness (QED) is 0.862. The van der Waals surface area contributed by atoms with E-state index >= 15 is 0 Å². The number of hydrogen-bond acceptors (Lipinski definition) is 4. The van der Waals surface area contributed by atoms with Crippen LogP contribution in [0.3, 0.4) is 0 Å². The van der Waals surface area contributed by atoms with Crippen molar-refractivity contribution in [3.8, 4) is 5.75 Å². The van der Waals surface area contributed by atoms with E-state index in [0.717, 1.165) is 11.3 Å². The molecule has 0 bridgehead atoms. The Balaban J connectivity index is 1.90. The summed E-state index contributed by atoms with van der Waals surface area (Å²) in [6.45, 7) is 1.92. The molecule has 0 aliphatic rings. The lowest BCUT2D eigenvalue weighted by molar-refractivity contribution is 0.0554. The maximum absolute atomic E-state index is 11.9. The maximum atomic E-state index is 11.9. The zero-order valence-electron chi connectivity index (χ0n) is 12.1. The second kappa shape index (κ2) is 6.74. The van der Waals surface area contributed by atoms with Crippen LogP contribution in [0.5, 0.6) is 5.75 Å². The van der Waals surface area contributed by atoms with Crippen molar-refractivity contribution in [1.82, 2.24) is 5.32 Å². The zero-order valence-corrected chi connectivity index (χ0v) is 12.9. The summed E-state index contributed by atoms with van der Waals surface area (Å²) in [7, 11) is 1.62. The molecule has 1 heterocycles. The normalized spacial score (nSPS) is 13.5. The van der Waals surface area contributed by atoms with Gasteiger partial charge in [-0.25, -0.2) is 0 Å². The predicted octanol–water partition coefficient (Wildman–Crippen LogP) is 2.48. The summed E-state index contributed by atoms with van der Waals surface area (Å²) < 4.78 is 5.10. The molecule has 1 atom stereocenters. The fraction of sp³-hybridized carbons (Fsp3) is 0.312. The van der Waals surface area contributed by atoms with Crippen molar-refractivity contribution in [2.24, 2.45) is 0 Å². The van der Waals surface area contributed by atoms with E-state index in [9.17, 15) is 9.90 Å². The van der Waals surface area contributed by atoms with Crippen LogP contribution in [-0.4, -0.2) is 30.3 Å². The Bertz CT molecular complexity index is 576. The third kappa shape index (κ3) is 4.58. The van der Waals surface area contributed by atoms with E-state index in [1.54, 1.807) is 20.1 Å². The maximum Gasteiger partial charge on any atom is 0.261 e. The molecule has 2 aromatic rings. The van der Waals surface area contributed by atoms with Crippen LogP contribution in [0.15, 0.2) is 41.8 Å². The molecule has 21 heavy (non-hydrogen) atoms. The molecule has 1 amide bonds. The van der Waals surface area contributed by atoms with Gasteiger partial charge in [-0.05, 0) is 36.1 Å². The van der Waals surface area contributed by atoms with Crippen LogP contribution in [0.1, 0.15) is 22.2 Å². The highest BCUT2D eigenvalue weighted by Gasteiger charge is 2.22. The molecule has 0 fully saturated rings. The van der Waals surface area contributed by atoms with E-state index in [0.29, 0.717) is 11.3 Å². The number of benzene rings is 1. The number of amides is 1. The summed E-state index contributed by atoms with van der Waals surface area (Å²) in [5, 5.41) is 15.0. The molecule has 0 spiro atoms. The molecule has 0 saturated carbocycles. The first-order valence-electron chi connectivity index (χ1n) is 6.67. The van der Waals surface area contributed by atoms with E-state index in [-0.39, 0.29) is 12.5 Å². The van der Waals surface area contributed by atoms with Crippen LogP contribution in [-0.2, 0) is 6.42 Å². The number of methoxy groups -OCH3 is 1. The van der Waals surface area contributed by atoms with Crippen molar-refractivity contribution in [2.75, 3.05) is 13.7 Å². The second-order valence-corrected chi connectivity index (χ2v) is 6.13. The molecule has 2 rings (SSSR count). The van der Waals surface area contributed by atoms with E-state index in [2.05, 4.69) is 5.32 Å². The van der Waals surface area contributed by atoms with Crippen LogP contribution in [0.4, 0.5) is 0 Å². The molecule has 1 aromatic heterocycles. The zero-order chi connectivity index (χ0) is 15.3. The minimum Gasteiger partial charge on any atom is -0.497 e. The van der Waals surface area contributed by atoms with Crippen molar-refractivity contribution in [3.05, 3.63) is 52.2 Å². The highest BCUT2D eigenvalue weighted by atomic mass is 32.1. The molecule has 0 aliphatic carbocycles. The predicted molar refractivity (Wildman–Crippen MR) is 84.0 cm³/mol. The van der Waals surface area contributed by atoms with Gasteiger partial charge < -0.3 is 15.2 Å². The van der Waals surface area contributed by atoms with E-state index in [1.807, 2.05) is 35.7 Å². The van der Waals surface area contributed by atoms with E-state index in [1.165, 1.54) is 11.3 Å². The summed E-state index contributed by atoms with van der Waals surface area (Å²) in [6.07, 6.45) is 0.460. The molecular weight excluding hydrogens is 286 g/mol. The molecule has 5 heteroatoms. The minimum absolute atomic E-state index is 0.153. The van der Waals surface area contributed by atoms with Crippen molar-refractivity contribution >= 4 is 17.2 Å². The number of nitrogens with one attached hydrogen (secondary N) is 1. The summed E-state index contributed by atoms with van der Waals surface area (Å²) in [5.41, 5.74) is -0.00668. The second-order valence-electron chi connectivity index (χ2n) is 5.18. The van der Waals surface area contributed by atoms with Gasteiger partial charge in [0.1, 0.15) is 5.75 Å². The fourth-order valence-corrected chi connectivity index (χ4v) is 2.65. The van der Waals surface area contributed by atoms with Gasteiger partial charge in [0, 0.05) is 13.0 Å². The molecule has 4 nitrogen and oxygen atoms in total. The largest absolute Gasteiger partial charge is 0.497 e. The topological polar surface area (TPSA) is 58.6 Å². The lowest BCUT2D eigenvalue weighted by atomic mass is 9.96. The Morgan fingerprint density at radius 2 is 2.05 bits per heavy atom. The Morgan fingerprint density at radius 1 is 1.33 bits per heavy atom. The first-order chi connectivity index (χ1) is 10.00. The Labute approximate surface area is 128 Å².